The van der Waals surface area contributed by atoms with Crippen LogP contribution in [0.25, 0.3) is 0 Å². The monoisotopic (exact) mass is 189 g/mol. The summed E-state index contributed by atoms with van der Waals surface area (Å²) < 4.78 is 0. The molecule has 1 aromatic rings. The lowest BCUT2D eigenvalue weighted by atomic mass is 9.90. The number of piperidine rings is 1. The molecule has 1 fully saturated rings. The van der Waals surface area contributed by atoms with Crippen LogP contribution in [0.3, 0.4) is 0 Å². The Morgan fingerprint density at radius 3 is 3.21 bits per heavy atom. The Balaban J connectivity index is 2.01. The Morgan fingerprint density at radius 1 is 1.36 bits per heavy atom. The number of hydrogen-bond donors (Lipinski definition) is 2. The highest BCUT2D eigenvalue weighted by molar-refractivity contribution is 5.42. The molecule has 2 aliphatic rings. The van der Waals surface area contributed by atoms with Gasteiger partial charge in [-0.3, -0.25) is 0 Å². The summed E-state index contributed by atoms with van der Waals surface area (Å²) in [5.74, 6) is 1.10. The summed E-state index contributed by atoms with van der Waals surface area (Å²) >= 11 is 0. The third kappa shape index (κ3) is 1.14. The molecule has 0 unspecified atom stereocenters. The number of nitrogens with one attached hydrogen (secondary N) is 1. The lowest BCUT2D eigenvalue weighted by Gasteiger charge is -2.26. The van der Waals surface area contributed by atoms with Gasteiger partial charge >= 0.3 is 0 Å². The maximum atomic E-state index is 9.41. The van der Waals surface area contributed by atoms with Gasteiger partial charge in [0.15, 0.2) is 0 Å². The molecule has 1 heterocycles. The summed E-state index contributed by atoms with van der Waals surface area (Å²) in [5, 5.41) is 13.0. The number of hydrogen-bond acceptors (Lipinski definition) is 2. The lowest BCUT2D eigenvalue weighted by molar-refractivity contribution is 0.372. The molecule has 14 heavy (non-hydrogen) atoms. The lowest BCUT2D eigenvalue weighted by Crippen LogP contribution is -2.37. The molecular weight excluding hydrogens is 174 g/mol. The first-order chi connectivity index (χ1) is 6.84. The largest absolute Gasteiger partial charge is 0.508 e. The van der Waals surface area contributed by atoms with Gasteiger partial charge in [0.05, 0.1) is 0 Å². The van der Waals surface area contributed by atoms with E-state index >= 15 is 0 Å². The van der Waals surface area contributed by atoms with Gasteiger partial charge in [-0.25, -0.2) is 0 Å². The fourth-order valence-electron chi connectivity index (χ4n) is 2.91. The summed E-state index contributed by atoms with van der Waals surface area (Å²) in [7, 11) is 0. The van der Waals surface area contributed by atoms with Crippen molar-refractivity contribution in [3.8, 4) is 5.75 Å². The second-order valence-corrected chi connectivity index (χ2v) is 4.40. The van der Waals surface area contributed by atoms with Crippen LogP contribution in [-0.2, 0) is 6.42 Å². The Hall–Kier alpha value is -1.02. The molecule has 0 bridgehead atoms. The van der Waals surface area contributed by atoms with Gasteiger partial charge in [0.25, 0.3) is 0 Å². The van der Waals surface area contributed by atoms with E-state index in [0.29, 0.717) is 17.7 Å². The van der Waals surface area contributed by atoms with Crippen molar-refractivity contribution in [2.45, 2.75) is 31.2 Å². The minimum absolute atomic E-state index is 0.405. The van der Waals surface area contributed by atoms with Gasteiger partial charge in [-0.05, 0) is 55.0 Å². The number of fused-ring (bicyclic) bond motifs is 3. The van der Waals surface area contributed by atoms with E-state index in [0.717, 1.165) is 13.0 Å². The number of rotatable bonds is 0. The summed E-state index contributed by atoms with van der Waals surface area (Å²) in [5.41, 5.74) is 2.80. The molecule has 2 nitrogen and oxygen atoms in total. The molecule has 3 rings (SSSR count). The maximum absolute atomic E-state index is 9.41. The minimum Gasteiger partial charge on any atom is -0.508 e. The van der Waals surface area contributed by atoms with E-state index in [1.165, 1.54) is 24.0 Å². The zero-order valence-corrected chi connectivity index (χ0v) is 8.16. The quantitative estimate of drug-likeness (QED) is 0.652. The molecule has 1 aliphatic carbocycles. The molecule has 1 aliphatic heterocycles. The van der Waals surface area contributed by atoms with Crippen molar-refractivity contribution in [3.05, 3.63) is 29.3 Å². The van der Waals surface area contributed by atoms with Crippen molar-refractivity contribution in [2.75, 3.05) is 6.54 Å². The van der Waals surface area contributed by atoms with Crippen LogP contribution >= 0.6 is 0 Å². The van der Waals surface area contributed by atoms with Gasteiger partial charge in [0.1, 0.15) is 5.75 Å². The molecule has 0 radical (unpaired) electrons. The van der Waals surface area contributed by atoms with Gasteiger partial charge in [0, 0.05) is 6.04 Å². The Labute approximate surface area is 84.0 Å². The van der Waals surface area contributed by atoms with Crippen LogP contribution in [0.15, 0.2) is 18.2 Å². The fourth-order valence-corrected chi connectivity index (χ4v) is 2.91. The van der Waals surface area contributed by atoms with E-state index in [-0.39, 0.29) is 0 Å². The van der Waals surface area contributed by atoms with Gasteiger partial charge < -0.3 is 10.4 Å². The smallest absolute Gasteiger partial charge is 0.115 e. The topological polar surface area (TPSA) is 32.3 Å². The first-order valence-electron chi connectivity index (χ1n) is 5.40. The van der Waals surface area contributed by atoms with Gasteiger partial charge in [-0.1, -0.05) is 6.07 Å². The minimum atomic E-state index is 0.405. The molecule has 1 saturated heterocycles. The normalized spacial score (nSPS) is 29.7. The molecule has 74 valence electrons. The average molecular weight is 189 g/mol. The van der Waals surface area contributed by atoms with E-state index in [9.17, 15) is 5.11 Å². The highest BCUT2D eigenvalue weighted by Gasteiger charge is 2.33. The Morgan fingerprint density at radius 2 is 2.29 bits per heavy atom. The van der Waals surface area contributed by atoms with Crippen LogP contribution in [0.4, 0.5) is 0 Å². The molecule has 0 amide bonds. The number of phenols is 1. The van der Waals surface area contributed by atoms with E-state index in [1.807, 2.05) is 12.1 Å². The third-order valence-electron chi connectivity index (χ3n) is 3.55. The summed E-state index contributed by atoms with van der Waals surface area (Å²) in [4.78, 5) is 0. The molecule has 1 aromatic carbocycles. The SMILES string of the molecule is Oc1ccc2c(c1)C[C@@H]1NCCC[C@H]21. The third-order valence-corrected chi connectivity index (χ3v) is 3.55. The van der Waals surface area contributed by atoms with E-state index in [2.05, 4.69) is 11.4 Å². The molecule has 0 saturated carbocycles. The van der Waals surface area contributed by atoms with Gasteiger partial charge in [0.2, 0.25) is 0 Å². The van der Waals surface area contributed by atoms with Crippen molar-refractivity contribution in [2.24, 2.45) is 0 Å². The fraction of sp³-hybridized carbons (Fsp3) is 0.500. The highest BCUT2D eigenvalue weighted by atomic mass is 16.3. The van der Waals surface area contributed by atoms with Crippen molar-refractivity contribution >= 4 is 0 Å². The Bertz CT molecular complexity index is 361. The molecule has 2 N–H and O–H groups in total. The van der Waals surface area contributed by atoms with Crippen LogP contribution in [-0.4, -0.2) is 17.7 Å². The summed E-state index contributed by atoms with van der Waals surface area (Å²) in [6, 6.07) is 6.47. The standard InChI is InChI=1S/C12H15NO/c14-9-3-4-10-8(6-9)7-12-11(10)2-1-5-13-12/h3-4,6,11-14H,1-2,5,7H2/t11-,12+/m1/s1. The van der Waals surface area contributed by atoms with Crippen LogP contribution < -0.4 is 5.32 Å². The number of benzene rings is 1. The number of aromatic hydroxyl groups is 1. The van der Waals surface area contributed by atoms with Crippen LogP contribution in [0.5, 0.6) is 5.75 Å². The van der Waals surface area contributed by atoms with Crippen LogP contribution in [0.2, 0.25) is 0 Å². The van der Waals surface area contributed by atoms with Gasteiger partial charge in [-0.15, -0.1) is 0 Å². The summed E-state index contributed by atoms with van der Waals surface area (Å²) in [6.07, 6.45) is 3.67. The highest BCUT2D eigenvalue weighted by Crippen LogP contribution is 2.39. The van der Waals surface area contributed by atoms with Gasteiger partial charge in [-0.2, -0.15) is 0 Å². The molecule has 2 atom stereocenters. The van der Waals surface area contributed by atoms with Crippen molar-refractivity contribution < 1.29 is 5.11 Å². The molecule has 0 aromatic heterocycles. The molecule has 2 heteroatoms. The second-order valence-electron chi connectivity index (χ2n) is 4.40. The zero-order valence-electron chi connectivity index (χ0n) is 8.16. The van der Waals surface area contributed by atoms with Crippen molar-refractivity contribution in [1.82, 2.24) is 5.32 Å². The Kier molecular flexibility index (Phi) is 1.77. The van der Waals surface area contributed by atoms with Crippen LogP contribution in [0, 0.1) is 0 Å². The van der Waals surface area contributed by atoms with Crippen molar-refractivity contribution in [3.63, 3.8) is 0 Å². The molecule has 0 spiro atoms. The predicted molar refractivity (Wildman–Crippen MR) is 55.6 cm³/mol. The van der Waals surface area contributed by atoms with Crippen LogP contribution in [0.1, 0.15) is 29.9 Å². The average Bonchev–Trinajstić information content (AvgIpc) is 2.54. The second kappa shape index (κ2) is 2.99. The summed E-state index contributed by atoms with van der Waals surface area (Å²) in [6.45, 7) is 1.15. The number of phenolic OH excluding ortho intramolecular Hbond substituents is 1. The van der Waals surface area contributed by atoms with E-state index in [1.54, 1.807) is 0 Å². The molecular formula is C12H15NO. The van der Waals surface area contributed by atoms with Crippen molar-refractivity contribution in [1.29, 1.82) is 0 Å². The first kappa shape index (κ1) is 8.30. The van der Waals surface area contributed by atoms with E-state index in [4.69, 9.17) is 0 Å². The predicted octanol–water partition coefficient (Wildman–Crippen LogP) is 1.78. The first-order valence-corrected chi connectivity index (χ1v) is 5.40. The zero-order chi connectivity index (χ0) is 9.54. The van der Waals surface area contributed by atoms with E-state index < -0.39 is 0 Å². The maximum Gasteiger partial charge on any atom is 0.115 e.